The Morgan fingerprint density at radius 2 is 2.25 bits per heavy atom. The quantitative estimate of drug-likeness (QED) is 0.783. The Morgan fingerprint density at radius 1 is 1.50 bits per heavy atom. The van der Waals surface area contributed by atoms with E-state index in [1.165, 1.54) is 0 Å². The predicted molar refractivity (Wildman–Crippen MR) is 93.9 cm³/mol. The first-order valence-corrected chi connectivity index (χ1v) is 9.33. The van der Waals surface area contributed by atoms with Crippen LogP contribution in [0.1, 0.15) is 25.3 Å². The lowest BCUT2D eigenvalue weighted by molar-refractivity contribution is -0.186. The molecule has 5 nitrogen and oxygen atoms in total. The topological polar surface area (TPSA) is 49.9 Å². The average molecular weight is 348 g/mol. The fourth-order valence-electron chi connectivity index (χ4n) is 3.68. The molecule has 0 aromatic carbocycles. The van der Waals surface area contributed by atoms with E-state index in [2.05, 4.69) is 6.58 Å². The number of nitrogens with zero attached hydrogens (tertiary/aromatic N) is 2. The molecule has 0 unspecified atom stereocenters. The number of thiophene rings is 1. The second-order valence-corrected chi connectivity index (χ2v) is 7.33. The molecule has 2 saturated heterocycles. The van der Waals surface area contributed by atoms with Gasteiger partial charge in [-0.3, -0.25) is 9.59 Å². The van der Waals surface area contributed by atoms with Crippen molar-refractivity contribution in [3.05, 3.63) is 35.0 Å². The summed E-state index contributed by atoms with van der Waals surface area (Å²) in [5.74, 6) is 0.190. The summed E-state index contributed by atoms with van der Waals surface area (Å²) in [5.41, 5.74) is 0.742. The Bertz CT molecular complexity index is 606. The van der Waals surface area contributed by atoms with Crippen molar-refractivity contribution in [2.45, 2.75) is 37.8 Å². The van der Waals surface area contributed by atoms with Crippen molar-refractivity contribution >= 4 is 23.2 Å². The van der Waals surface area contributed by atoms with Gasteiger partial charge in [0.25, 0.3) is 0 Å². The summed E-state index contributed by atoms with van der Waals surface area (Å²) >= 11 is 1.61. The van der Waals surface area contributed by atoms with Crippen LogP contribution in [0.4, 0.5) is 0 Å². The molecule has 0 saturated carbocycles. The van der Waals surface area contributed by atoms with Crippen molar-refractivity contribution in [3.8, 4) is 0 Å². The van der Waals surface area contributed by atoms with Gasteiger partial charge in [0.15, 0.2) is 0 Å². The van der Waals surface area contributed by atoms with E-state index >= 15 is 0 Å². The van der Waals surface area contributed by atoms with E-state index in [9.17, 15) is 9.59 Å². The Kier molecular flexibility index (Phi) is 5.06. The summed E-state index contributed by atoms with van der Waals surface area (Å²) in [7, 11) is 0. The van der Waals surface area contributed by atoms with Crippen LogP contribution in [0.15, 0.2) is 29.5 Å². The second-order valence-electron chi connectivity index (χ2n) is 6.55. The Hall–Kier alpha value is -1.66. The fourth-order valence-corrected chi connectivity index (χ4v) is 4.35. The van der Waals surface area contributed by atoms with Gasteiger partial charge < -0.3 is 14.5 Å². The van der Waals surface area contributed by atoms with Gasteiger partial charge in [0.05, 0.1) is 18.1 Å². The zero-order valence-electron chi connectivity index (χ0n) is 14.1. The minimum atomic E-state index is -0.337. The number of rotatable bonds is 4. The monoisotopic (exact) mass is 348 g/mol. The molecule has 130 valence electrons. The lowest BCUT2D eigenvalue weighted by Gasteiger charge is -2.51. The molecule has 3 heterocycles. The number of likely N-dealkylation sites (tertiary alicyclic amines) is 1. The summed E-state index contributed by atoms with van der Waals surface area (Å²) in [5, 5.41) is 4.02. The van der Waals surface area contributed by atoms with Gasteiger partial charge in [0.2, 0.25) is 11.8 Å². The first-order chi connectivity index (χ1) is 11.6. The van der Waals surface area contributed by atoms with E-state index in [0.717, 1.165) is 18.4 Å². The van der Waals surface area contributed by atoms with Crippen LogP contribution in [-0.4, -0.2) is 59.5 Å². The molecular weight excluding hydrogens is 324 g/mol. The van der Waals surface area contributed by atoms with Gasteiger partial charge in [-0.25, -0.2) is 0 Å². The van der Waals surface area contributed by atoms with E-state index in [1.54, 1.807) is 17.4 Å². The van der Waals surface area contributed by atoms with E-state index in [-0.39, 0.29) is 30.1 Å². The highest BCUT2D eigenvalue weighted by Crippen LogP contribution is 2.35. The standard InChI is InChI=1S/C18H24N2O3S/c1-3-7-20-14(2)18(23-12-17(20)22)5-8-19(9-6-18)16(21)11-15-4-10-24-13-15/h3-4,10,13-14H,1,5-9,11-12H2,2H3/t14-/m0/s1. The smallest absolute Gasteiger partial charge is 0.249 e. The molecule has 2 amide bonds. The van der Waals surface area contributed by atoms with Crippen molar-refractivity contribution in [1.29, 1.82) is 0 Å². The van der Waals surface area contributed by atoms with Crippen LogP contribution in [0.25, 0.3) is 0 Å². The van der Waals surface area contributed by atoms with Crippen LogP contribution in [0.2, 0.25) is 0 Å². The zero-order valence-corrected chi connectivity index (χ0v) is 14.9. The van der Waals surface area contributed by atoms with Crippen LogP contribution in [-0.2, 0) is 20.7 Å². The van der Waals surface area contributed by atoms with Gasteiger partial charge >= 0.3 is 0 Å². The lowest BCUT2D eigenvalue weighted by Crippen LogP contribution is -2.64. The summed E-state index contributed by atoms with van der Waals surface area (Å²) in [6.45, 7) is 7.83. The SMILES string of the molecule is C=CCN1C(=O)COC2(CCN(C(=O)Cc3ccsc3)CC2)[C@@H]1C. The van der Waals surface area contributed by atoms with Crippen molar-refractivity contribution < 1.29 is 14.3 Å². The molecule has 1 aromatic rings. The van der Waals surface area contributed by atoms with E-state index in [4.69, 9.17) is 4.74 Å². The Morgan fingerprint density at radius 3 is 2.88 bits per heavy atom. The van der Waals surface area contributed by atoms with Gasteiger partial charge in [0.1, 0.15) is 6.61 Å². The molecule has 0 bridgehead atoms. The molecule has 2 aliphatic rings. The Labute approximate surface area is 146 Å². The van der Waals surface area contributed by atoms with Gasteiger partial charge in [-0.2, -0.15) is 11.3 Å². The predicted octanol–water partition coefficient (Wildman–Crippen LogP) is 2.09. The number of amides is 2. The molecule has 2 aliphatic heterocycles. The highest BCUT2D eigenvalue weighted by molar-refractivity contribution is 7.08. The molecule has 0 radical (unpaired) electrons. The molecule has 1 aromatic heterocycles. The normalized spacial score (nSPS) is 23.5. The van der Waals surface area contributed by atoms with Crippen molar-refractivity contribution in [2.24, 2.45) is 0 Å². The zero-order chi connectivity index (χ0) is 17.2. The maximum absolute atomic E-state index is 12.4. The molecule has 0 aliphatic carbocycles. The molecule has 1 spiro atoms. The summed E-state index contributed by atoms with van der Waals surface area (Å²) in [6.07, 6.45) is 3.76. The largest absolute Gasteiger partial charge is 0.363 e. The first kappa shape index (κ1) is 17.2. The van der Waals surface area contributed by atoms with Gasteiger partial charge in [0, 0.05) is 19.6 Å². The number of carbonyl (C=O) groups is 2. The molecule has 0 N–H and O–H groups in total. The second kappa shape index (κ2) is 7.07. The number of piperidine rings is 1. The number of hydrogen-bond acceptors (Lipinski definition) is 4. The van der Waals surface area contributed by atoms with Crippen LogP contribution >= 0.6 is 11.3 Å². The third-order valence-corrected chi connectivity index (χ3v) is 5.99. The lowest BCUT2D eigenvalue weighted by atomic mass is 9.82. The summed E-state index contributed by atoms with van der Waals surface area (Å²) in [4.78, 5) is 28.3. The maximum Gasteiger partial charge on any atom is 0.249 e. The van der Waals surface area contributed by atoms with Crippen LogP contribution in [0, 0.1) is 0 Å². The van der Waals surface area contributed by atoms with Crippen LogP contribution in [0.5, 0.6) is 0 Å². The minimum absolute atomic E-state index is 0.00544. The molecule has 2 fully saturated rings. The van der Waals surface area contributed by atoms with E-state index in [0.29, 0.717) is 26.1 Å². The molecule has 1 atom stereocenters. The van der Waals surface area contributed by atoms with Crippen LogP contribution < -0.4 is 0 Å². The molecule has 6 heteroatoms. The van der Waals surface area contributed by atoms with Gasteiger partial charge in [-0.05, 0) is 42.2 Å². The van der Waals surface area contributed by atoms with Crippen molar-refractivity contribution in [1.82, 2.24) is 9.80 Å². The van der Waals surface area contributed by atoms with Gasteiger partial charge in [-0.1, -0.05) is 6.08 Å². The number of ether oxygens (including phenoxy) is 1. The molecular formula is C18H24N2O3S. The van der Waals surface area contributed by atoms with Crippen molar-refractivity contribution in [2.75, 3.05) is 26.2 Å². The maximum atomic E-state index is 12.4. The summed E-state index contributed by atoms with van der Waals surface area (Å²) < 4.78 is 5.98. The van der Waals surface area contributed by atoms with E-state index in [1.807, 2.05) is 33.6 Å². The third kappa shape index (κ3) is 3.26. The minimum Gasteiger partial charge on any atom is -0.363 e. The number of hydrogen-bond donors (Lipinski definition) is 0. The summed E-state index contributed by atoms with van der Waals surface area (Å²) in [6, 6.07) is 2.00. The number of morpholine rings is 1. The highest BCUT2D eigenvalue weighted by Gasteiger charge is 2.48. The molecule has 24 heavy (non-hydrogen) atoms. The van der Waals surface area contributed by atoms with E-state index < -0.39 is 0 Å². The third-order valence-electron chi connectivity index (χ3n) is 5.26. The van der Waals surface area contributed by atoms with Gasteiger partial charge in [-0.15, -0.1) is 6.58 Å². The Balaban J connectivity index is 1.62. The molecule has 3 rings (SSSR count). The highest BCUT2D eigenvalue weighted by atomic mass is 32.1. The van der Waals surface area contributed by atoms with Crippen molar-refractivity contribution in [3.63, 3.8) is 0 Å². The first-order valence-electron chi connectivity index (χ1n) is 8.39. The fraction of sp³-hybridized carbons (Fsp3) is 0.556. The average Bonchev–Trinajstić information content (AvgIpc) is 3.09. The number of carbonyl (C=O) groups excluding carboxylic acids is 2. The van der Waals surface area contributed by atoms with Crippen LogP contribution in [0.3, 0.4) is 0 Å².